The second kappa shape index (κ2) is 17.6. The first-order valence-electron chi connectivity index (χ1n) is 11.8. The molecule has 2 nitrogen and oxygen atoms in total. The number of unbranched alkanes of at least 4 members (excludes halogenated alkanes) is 13. The first-order valence-corrected chi connectivity index (χ1v) is 11.8. The summed E-state index contributed by atoms with van der Waals surface area (Å²) >= 11 is 0. The minimum atomic E-state index is 0.388. The largest absolute Gasteiger partial charge is 0.343 e. The van der Waals surface area contributed by atoms with Gasteiger partial charge in [0, 0.05) is 19.5 Å². The maximum absolute atomic E-state index is 11.9. The van der Waals surface area contributed by atoms with E-state index in [0.717, 1.165) is 25.9 Å². The normalized spacial score (nSPS) is 14.6. The molecule has 1 aliphatic rings. The third-order valence-corrected chi connectivity index (χ3v) is 5.61. The number of hydrogen-bond acceptors (Lipinski definition) is 1. The Bertz CT molecular complexity index is 344. The summed E-state index contributed by atoms with van der Waals surface area (Å²) in [6.45, 7) is 4.29. The highest BCUT2D eigenvalue weighted by Gasteiger charge is 2.16. The standard InChI is InChI=1S/C24H45NO/c1-2-3-4-5-6-7-8-9-10-11-12-13-14-15-16-17-18-21-24(26)25-22-19-20-23-25/h13-14H,2-12,15-23H2,1H3/b14-13-. The van der Waals surface area contributed by atoms with Crippen LogP contribution in [-0.2, 0) is 4.79 Å². The molecule has 1 heterocycles. The molecule has 0 bridgehead atoms. The fraction of sp³-hybridized carbons (Fsp3) is 0.875. The van der Waals surface area contributed by atoms with E-state index in [2.05, 4.69) is 19.1 Å². The van der Waals surface area contributed by atoms with Gasteiger partial charge >= 0.3 is 0 Å². The van der Waals surface area contributed by atoms with Gasteiger partial charge < -0.3 is 4.90 Å². The van der Waals surface area contributed by atoms with Crippen molar-refractivity contribution in [3.05, 3.63) is 12.2 Å². The van der Waals surface area contributed by atoms with E-state index in [-0.39, 0.29) is 0 Å². The summed E-state index contributed by atoms with van der Waals surface area (Å²) in [5.74, 6) is 0.388. The number of carbonyl (C=O) groups is 1. The van der Waals surface area contributed by atoms with Crippen molar-refractivity contribution < 1.29 is 4.79 Å². The van der Waals surface area contributed by atoms with Gasteiger partial charge in [0.2, 0.25) is 5.91 Å². The van der Waals surface area contributed by atoms with E-state index in [4.69, 9.17) is 0 Å². The molecule has 0 N–H and O–H groups in total. The fourth-order valence-electron chi connectivity index (χ4n) is 3.83. The van der Waals surface area contributed by atoms with Crippen LogP contribution in [0.15, 0.2) is 12.2 Å². The van der Waals surface area contributed by atoms with E-state index < -0.39 is 0 Å². The molecular weight excluding hydrogens is 318 g/mol. The number of amides is 1. The molecule has 152 valence electrons. The molecule has 0 radical (unpaired) electrons. The average molecular weight is 364 g/mol. The zero-order chi connectivity index (χ0) is 18.7. The Morgan fingerprint density at radius 2 is 1.15 bits per heavy atom. The average Bonchev–Trinajstić information content (AvgIpc) is 3.19. The van der Waals surface area contributed by atoms with Gasteiger partial charge in [-0.2, -0.15) is 0 Å². The van der Waals surface area contributed by atoms with E-state index in [1.54, 1.807) is 0 Å². The van der Waals surface area contributed by atoms with E-state index in [9.17, 15) is 4.79 Å². The Labute approximate surface area is 163 Å². The van der Waals surface area contributed by atoms with Crippen LogP contribution in [0.25, 0.3) is 0 Å². The number of nitrogens with zero attached hydrogens (tertiary/aromatic N) is 1. The zero-order valence-corrected chi connectivity index (χ0v) is 17.7. The smallest absolute Gasteiger partial charge is 0.222 e. The molecule has 26 heavy (non-hydrogen) atoms. The minimum absolute atomic E-state index is 0.388. The lowest BCUT2D eigenvalue weighted by atomic mass is 10.1. The van der Waals surface area contributed by atoms with Gasteiger partial charge in [0.15, 0.2) is 0 Å². The van der Waals surface area contributed by atoms with Crippen molar-refractivity contribution in [2.24, 2.45) is 0 Å². The minimum Gasteiger partial charge on any atom is -0.343 e. The summed E-state index contributed by atoms with van der Waals surface area (Å²) in [4.78, 5) is 14.0. The lowest BCUT2D eigenvalue weighted by molar-refractivity contribution is -0.130. The summed E-state index contributed by atoms with van der Waals surface area (Å²) in [6.07, 6.45) is 28.0. The summed E-state index contributed by atoms with van der Waals surface area (Å²) in [6, 6.07) is 0. The third kappa shape index (κ3) is 13.4. The molecule has 0 saturated carbocycles. The lowest BCUT2D eigenvalue weighted by Crippen LogP contribution is -2.27. The molecule has 0 aromatic rings. The predicted molar refractivity (Wildman–Crippen MR) is 115 cm³/mol. The van der Waals surface area contributed by atoms with Crippen molar-refractivity contribution in [2.45, 2.75) is 122 Å². The maximum Gasteiger partial charge on any atom is 0.222 e. The molecule has 1 aliphatic heterocycles. The van der Waals surface area contributed by atoms with Gasteiger partial charge in [0.05, 0.1) is 0 Å². The van der Waals surface area contributed by atoms with Gasteiger partial charge in [-0.3, -0.25) is 4.79 Å². The topological polar surface area (TPSA) is 20.3 Å². The van der Waals surface area contributed by atoms with E-state index in [1.807, 2.05) is 4.90 Å². The highest BCUT2D eigenvalue weighted by Crippen LogP contribution is 2.13. The molecule has 0 aliphatic carbocycles. The van der Waals surface area contributed by atoms with Gasteiger partial charge in [-0.05, 0) is 44.9 Å². The van der Waals surface area contributed by atoms with Crippen LogP contribution < -0.4 is 0 Å². The highest BCUT2D eigenvalue weighted by atomic mass is 16.2. The Hall–Kier alpha value is -0.790. The molecule has 0 aromatic carbocycles. The lowest BCUT2D eigenvalue weighted by Gasteiger charge is -2.14. The molecule has 1 saturated heterocycles. The SMILES string of the molecule is CCCCCCCCCCCC/C=C\CCCCCC(=O)N1CCCC1. The van der Waals surface area contributed by atoms with Crippen molar-refractivity contribution in [2.75, 3.05) is 13.1 Å². The van der Waals surface area contributed by atoms with Crippen LogP contribution in [0.4, 0.5) is 0 Å². The van der Waals surface area contributed by atoms with Gasteiger partial charge in [0.25, 0.3) is 0 Å². The third-order valence-electron chi connectivity index (χ3n) is 5.61. The highest BCUT2D eigenvalue weighted by molar-refractivity contribution is 5.76. The van der Waals surface area contributed by atoms with Gasteiger partial charge in [-0.15, -0.1) is 0 Å². The van der Waals surface area contributed by atoms with Crippen LogP contribution in [0.2, 0.25) is 0 Å². The molecule has 0 spiro atoms. The van der Waals surface area contributed by atoms with Crippen LogP contribution >= 0.6 is 0 Å². The Morgan fingerprint density at radius 3 is 1.69 bits per heavy atom. The van der Waals surface area contributed by atoms with Gasteiger partial charge in [0.1, 0.15) is 0 Å². The Kier molecular flexibility index (Phi) is 15.8. The Balaban J connectivity index is 1.75. The Morgan fingerprint density at radius 1 is 0.692 bits per heavy atom. The predicted octanol–water partition coefficient (Wildman–Crippen LogP) is 7.43. The van der Waals surface area contributed by atoms with Crippen molar-refractivity contribution in [3.63, 3.8) is 0 Å². The molecule has 1 amide bonds. The zero-order valence-electron chi connectivity index (χ0n) is 17.7. The second-order valence-electron chi connectivity index (χ2n) is 8.13. The quantitative estimate of drug-likeness (QED) is 0.194. The van der Waals surface area contributed by atoms with Gasteiger partial charge in [-0.25, -0.2) is 0 Å². The molecule has 2 heteroatoms. The van der Waals surface area contributed by atoms with Crippen LogP contribution in [0.3, 0.4) is 0 Å². The number of allylic oxidation sites excluding steroid dienone is 2. The molecular formula is C24H45NO. The van der Waals surface area contributed by atoms with E-state index >= 15 is 0 Å². The molecule has 1 fully saturated rings. The first kappa shape index (κ1) is 23.2. The number of rotatable bonds is 17. The van der Waals surface area contributed by atoms with Crippen molar-refractivity contribution >= 4 is 5.91 Å². The maximum atomic E-state index is 11.9. The number of hydrogen-bond donors (Lipinski definition) is 0. The van der Waals surface area contributed by atoms with Crippen LogP contribution in [0.5, 0.6) is 0 Å². The molecule has 0 atom stereocenters. The summed E-state index contributed by atoms with van der Waals surface area (Å²) < 4.78 is 0. The number of likely N-dealkylation sites (tertiary alicyclic amines) is 1. The summed E-state index contributed by atoms with van der Waals surface area (Å²) in [5.41, 5.74) is 0. The molecule has 1 rings (SSSR count). The monoisotopic (exact) mass is 363 g/mol. The van der Waals surface area contributed by atoms with Crippen LogP contribution in [0.1, 0.15) is 122 Å². The summed E-state index contributed by atoms with van der Waals surface area (Å²) in [5, 5.41) is 0. The number of carbonyl (C=O) groups excluding carboxylic acids is 1. The van der Waals surface area contributed by atoms with Crippen LogP contribution in [0, 0.1) is 0 Å². The van der Waals surface area contributed by atoms with Crippen molar-refractivity contribution in [1.29, 1.82) is 0 Å². The van der Waals surface area contributed by atoms with E-state index in [0.29, 0.717) is 5.91 Å². The first-order chi connectivity index (χ1) is 12.8. The van der Waals surface area contributed by atoms with Gasteiger partial charge in [-0.1, -0.05) is 83.3 Å². The second-order valence-corrected chi connectivity index (χ2v) is 8.13. The van der Waals surface area contributed by atoms with Crippen LogP contribution in [-0.4, -0.2) is 23.9 Å². The summed E-state index contributed by atoms with van der Waals surface area (Å²) in [7, 11) is 0. The molecule has 0 aromatic heterocycles. The van der Waals surface area contributed by atoms with E-state index in [1.165, 1.54) is 103 Å². The van der Waals surface area contributed by atoms with Crippen molar-refractivity contribution in [3.8, 4) is 0 Å². The van der Waals surface area contributed by atoms with Crippen molar-refractivity contribution in [1.82, 2.24) is 4.90 Å². The fourth-order valence-corrected chi connectivity index (χ4v) is 3.83. The molecule has 0 unspecified atom stereocenters.